The summed E-state index contributed by atoms with van der Waals surface area (Å²) in [4.78, 5) is 17.1. The average molecular weight is 450 g/mol. The molecule has 174 valence electrons. The van der Waals surface area contributed by atoms with E-state index < -0.39 is 5.60 Å². The summed E-state index contributed by atoms with van der Waals surface area (Å²) in [6, 6.07) is 15.9. The van der Waals surface area contributed by atoms with Crippen LogP contribution in [0.4, 0.5) is 0 Å². The van der Waals surface area contributed by atoms with E-state index in [0.29, 0.717) is 45.0 Å². The zero-order valence-corrected chi connectivity index (χ0v) is 19.6. The number of benzene rings is 2. The number of ether oxygens (including phenoxy) is 3. The van der Waals surface area contributed by atoms with Gasteiger partial charge in [-0.15, -0.1) is 0 Å². The Hall–Kier alpha value is -3.12. The maximum Gasteiger partial charge on any atom is 0.338 e. The lowest BCUT2D eigenvalue weighted by molar-refractivity contribution is -0.166. The summed E-state index contributed by atoms with van der Waals surface area (Å²) in [6.07, 6.45) is 2.72. The van der Waals surface area contributed by atoms with Gasteiger partial charge in [0.1, 0.15) is 11.5 Å². The van der Waals surface area contributed by atoms with E-state index in [1.165, 1.54) is 5.56 Å². The normalized spacial score (nSPS) is 17.8. The summed E-state index contributed by atoms with van der Waals surface area (Å²) in [5.74, 6) is 1.96. The summed E-state index contributed by atoms with van der Waals surface area (Å²) < 4.78 is 22.9. The average Bonchev–Trinajstić information content (AvgIpc) is 3.43. The van der Waals surface area contributed by atoms with Crippen molar-refractivity contribution in [3.63, 3.8) is 0 Å². The fraction of sp³-hybridized carbons (Fsp3) is 0.407. The Labute approximate surface area is 194 Å². The number of rotatable bonds is 9. The summed E-state index contributed by atoms with van der Waals surface area (Å²) in [5.41, 5.74) is 3.21. The van der Waals surface area contributed by atoms with Crippen LogP contribution < -0.4 is 4.74 Å². The smallest absolute Gasteiger partial charge is 0.338 e. The fourth-order valence-corrected chi connectivity index (χ4v) is 4.19. The van der Waals surface area contributed by atoms with Crippen molar-refractivity contribution < 1.29 is 23.4 Å². The van der Waals surface area contributed by atoms with Gasteiger partial charge < -0.3 is 18.6 Å². The fourth-order valence-electron chi connectivity index (χ4n) is 4.19. The summed E-state index contributed by atoms with van der Waals surface area (Å²) in [5, 5.41) is 0. The van der Waals surface area contributed by atoms with Crippen LogP contribution in [0.2, 0.25) is 0 Å². The van der Waals surface area contributed by atoms with E-state index in [-0.39, 0.29) is 5.97 Å². The Morgan fingerprint density at radius 3 is 2.67 bits per heavy atom. The van der Waals surface area contributed by atoms with Crippen molar-refractivity contribution >= 4 is 5.97 Å². The van der Waals surface area contributed by atoms with Gasteiger partial charge in [-0.25, -0.2) is 9.78 Å². The molecule has 1 aromatic heterocycles. The van der Waals surface area contributed by atoms with Crippen molar-refractivity contribution in [1.82, 2.24) is 4.98 Å². The lowest BCUT2D eigenvalue weighted by Gasteiger charge is -2.26. The van der Waals surface area contributed by atoms with E-state index >= 15 is 0 Å². The molecule has 1 fully saturated rings. The molecule has 0 N–H and O–H groups in total. The predicted octanol–water partition coefficient (Wildman–Crippen LogP) is 5.23. The van der Waals surface area contributed by atoms with Crippen LogP contribution in [0.1, 0.15) is 42.3 Å². The molecule has 1 aliphatic heterocycles. The van der Waals surface area contributed by atoms with E-state index in [1.807, 2.05) is 50.2 Å². The van der Waals surface area contributed by atoms with Crippen LogP contribution in [-0.4, -0.2) is 36.4 Å². The highest BCUT2D eigenvalue weighted by Gasteiger charge is 2.44. The van der Waals surface area contributed by atoms with Crippen molar-refractivity contribution in [3.05, 3.63) is 71.1 Å². The second-order valence-corrected chi connectivity index (χ2v) is 8.48. The molecule has 0 spiro atoms. The third-order valence-corrected chi connectivity index (χ3v) is 5.93. The van der Waals surface area contributed by atoms with Crippen molar-refractivity contribution in [2.75, 3.05) is 19.8 Å². The van der Waals surface area contributed by atoms with Crippen LogP contribution in [0.3, 0.4) is 0 Å². The third kappa shape index (κ3) is 5.45. The Morgan fingerprint density at radius 2 is 1.97 bits per heavy atom. The monoisotopic (exact) mass is 449 g/mol. The molecular formula is C27H31NO5. The van der Waals surface area contributed by atoms with E-state index in [1.54, 1.807) is 0 Å². The minimum Gasteiger partial charge on any atom is -0.493 e. The molecule has 0 bridgehead atoms. The molecule has 2 aromatic carbocycles. The van der Waals surface area contributed by atoms with Crippen LogP contribution in [-0.2, 0) is 27.1 Å². The highest BCUT2D eigenvalue weighted by molar-refractivity contribution is 5.80. The van der Waals surface area contributed by atoms with Crippen LogP contribution in [0.25, 0.3) is 11.5 Å². The van der Waals surface area contributed by atoms with Gasteiger partial charge in [0, 0.05) is 25.0 Å². The number of carbonyl (C=O) groups excluding carboxylic acids is 1. The number of oxazole rings is 1. The van der Waals surface area contributed by atoms with Crippen LogP contribution in [0.15, 0.2) is 52.9 Å². The SMILES string of the molecule is CCOC(=O)C1(Cc2ccc(OCCc3nc(-c4cccc(C)c4)oc3C)cc2)CCCO1. The first-order chi connectivity index (χ1) is 16.0. The molecule has 1 atom stereocenters. The van der Waals surface area contributed by atoms with E-state index in [2.05, 4.69) is 24.0 Å². The standard InChI is InChI=1S/C27H31NO5/c1-4-30-26(29)27(14-6-15-32-27)18-21-9-11-23(12-10-21)31-16-13-24-20(3)33-25(28-24)22-8-5-7-19(2)17-22/h5,7-12,17H,4,6,13-16,18H2,1-3H3. The molecule has 3 aromatic rings. The number of carbonyl (C=O) groups is 1. The van der Waals surface area contributed by atoms with Gasteiger partial charge in [0.05, 0.1) is 18.9 Å². The van der Waals surface area contributed by atoms with Gasteiger partial charge in [0.2, 0.25) is 5.89 Å². The third-order valence-electron chi connectivity index (χ3n) is 5.93. The van der Waals surface area contributed by atoms with Crippen LogP contribution in [0, 0.1) is 13.8 Å². The maximum absolute atomic E-state index is 12.5. The zero-order chi connectivity index (χ0) is 23.3. The lowest BCUT2D eigenvalue weighted by atomic mass is 9.91. The van der Waals surface area contributed by atoms with Crippen molar-refractivity contribution in [2.45, 2.75) is 52.1 Å². The van der Waals surface area contributed by atoms with Gasteiger partial charge in [-0.3, -0.25) is 0 Å². The Bertz CT molecular complexity index is 1080. The molecular weight excluding hydrogens is 418 g/mol. The van der Waals surface area contributed by atoms with E-state index in [4.69, 9.17) is 18.6 Å². The highest BCUT2D eigenvalue weighted by Crippen LogP contribution is 2.31. The van der Waals surface area contributed by atoms with Crippen molar-refractivity contribution in [2.24, 2.45) is 0 Å². The first-order valence-corrected chi connectivity index (χ1v) is 11.6. The minimum absolute atomic E-state index is 0.268. The molecule has 2 heterocycles. The first kappa shape index (κ1) is 23.1. The molecule has 0 saturated carbocycles. The van der Waals surface area contributed by atoms with Gasteiger partial charge in [-0.1, -0.05) is 29.8 Å². The molecule has 6 nitrogen and oxygen atoms in total. The lowest BCUT2D eigenvalue weighted by Crippen LogP contribution is -2.41. The van der Waals surface area contributed by atoms with Gasteiger partial charge in [-0.2, -0.15) is 0 Å². The Kier molecular flexibility index (Phi) is 7.14. The largest absolute Gasteiger partial charge is 0.493 e. The molecule has 0 aliphatic carbocycles. The maximum atomic E-state index is 12.5. The Balaban J connectivity index is 1.33. The second kappa shape index (κ2) is 10.2. The topological polar surface area (TPSA) is 70.8 Å². The van der Waals surface area contributed by atoms with Gasteiger partial charge >= 0.3 is 5.97 Å². The number of hydrogen-bond acceptors (Lipinski definition) is 6. The first-order valence-electron chi connectivity index (χ1n) is 11.6. The van der Waals surface area contributed by atoms with Gasteiger partial charge in [0.25, 0.3) is 0 Å². The molecule has 1 aliphatic rings. The van der Waals surface area contributed by atoms with Crippen LogP contribution in [0.5, 0.6) is 5.75 Å². The highest BCUT2D eigenvalue weighted by atomic mass is 16.6. The van der Waals surface area contributed by atoms with Crippen molar-refractivity contribution in [1.29, 1.82) is 0 Å². The molecule has 33 heavy (non-hydrogen) atoms. The molecule has 1 saturated heterocycles. The van der Waals surface area contributed by atoms with Gasteiger partial charge in [0.15, 0.2) is 5.60 Å². The zero-order valence-electron chi connectivity index (χ0n) is 19.6. The summed E-state index contributed by atoms with van der Waals surface area (Å²) in [7, 11) is 0. The number of hydrogen-bond donors (Lipinski definition) is 0. The van der Waals surface area contributed by atoms with E-state index in [0.717, 1.165) is 34.8 Å². The number of nitrogens with zero attached hydrogens (tertiary/aromatic N) is 1. The molecule has 1 unspecified atom stereocenters. The number of aryl methyl sites for hydroxylation is 2. The molecule has 0 amide bonds. The van der Waals surface area contributed by atoms with Gasteiger partial charge in [-0.05, 0) is 63.4 Å². The van der Waals surface area contributed by atoms with Crippen molar-refractivity contribution in [3.8, 4) is 17.2 Å². The molecule has 4 rings (SSSR count). The minimum atomic E-state index is -0.863. The number of aromatic nitrogens is 1. The summed E-state index contributed by atoms with van der Waals surface area (Å²) in [6.45, 7) is 7.24. The Morgan fingerprint density at radius 1 is 1.15 bits per heavy atom. The second-order valence-electron chi connectivity index (χ2n) is 8.48. The molecule has 6 heteroatoms. The molecule has 0 radical (unpaired) electrons. The van der Waals surface area contributed by atoms with E-state index in [9.17, 15) is 4.79 Å². The quantitative estimate of drug-likeness (QED) is 0.416. The summed E-state index contributed by atoms with van der Waals surface area (Å²) >= 11 is 0. The number of esters is 1. The van der Waals surface area contributed by atoms with Crippen LogP contribution >= 0.6 is 0 Å². The predicted molar refractivity (Wildman–Crippen MR) is 125 cm³/mol.